The van der Waals surface area contributed by atoms with Crippen molar-refractivity contribution in [1.82, 2.24) is 15.5 Å². The Morgan fingerprint density at radius 2 is 2.00 bits per heavy atom. The fourth-order valence-electron chi connectivity index (χ4n) is 3.62. The molecular formula is C24H32N4O2. The summed E-state index contributed by atoms with van der Waals surface area (Å²) in [6.45, 7) is 5.56. The van der Waals surface area contributed by atoms with Crippen molar-refractivity contribution >= 4 is 11.9 Å². The number of carbonyl (C=O) groups excluding carboxylic acids is 1. The van der Waals surface area contributed by atoms with Gasteiger partial charge in [-0.15, -0.1) is 0 Å². The molecule has 0 aromatic heterocycles. The summed E-state index contributed by atoms with van der Waals surface area (Å²) >= 11 is 0. The van der Waals surface area contributed by atoms with Crippen LogP contribution in [0.5, 0.6) is 5.75 Å². The second-order valence-electron chi connectivity index (χ2n) is 7.69. The molecule has 0 spiro atoms. The summed E-state index contributed by atoms with van der Waals surface area (Å²) < 4.78 is 5.75. The summed E-state index contributed by atoms with van der Waals surface area (Å²) in [6.07, 6.45) is 1.49. The van der Waals surface area contributed by atoms with Crippen LogP contribution in [0.25, 0.3) is 0 Å². The Labute approximate surface area is 179 Å². The number of guanidine groups is 1. The molecule has 6 nitrogen and oxygen atoms in total. The minimum Gasteiger partial charge on any atom is -0.492 e. The lowest BCUT2D eigenvalue weighted by molar-refractivity contribution is -0.127. The molecular weight excluding hydrogens is 376 g/mol. The molecule has 1 fully saturated rings. The van der Waals surface area contributed by atoms with Gasteiger partial charge in [-0.3, -0.25) is 9.79 Å². The standard InChI is InChI=1S/C24H32N4O2/c1-19-7-6-10-22(15-19)30-14-12-26-24(25-2)27-17-21-16-23(29)28(18-21)13-11-20-8-4-3-5-9-20/h3-10,15,21H,11-14,16-18H2,1-2H3,(H2,25,26,27). The van der Waals surface area contributed by atoms with Gasteiger partial charge in [0.25, 0.3) is 0 Å². The molecule has 0 saturated carbocycles. The summed E-state index contributed by atoms with van der Waals surface area (Å²) in [5, 5.41) is 6.60. The average molecular weight is 409 g/mol. The van der Waals surface area contributed by atoms with Crippen molar-refractivity contribution in [2.75, 3.05) is 39.8 Å². The fraction of sp³-hybridized carbons (Fsp3) is 0.417. The van der Waals surface area contributed by atoms with E-state index in [2.05, 4.69) is 27.8 Å². The molecule has 30 heavy (non-hydrogen) atoms. The minimum absolute atomic E-state index is 0.243. The Kier molecular flexibility index (Phi) is 8.12. The van der Waals surface area contributed by atoms with E-state index in [1.54, 1.807) is 7.05 Å². The highest BCUT2D eigenvalue weighted by molar-refractivity contribution is 5.80. The van der Waals surface area contributed by atoms with Crippen LogP contribution >= 0.6 is 0 Å². The van der Waals surface area contributed by atoms with E-state index in [4.69, 9.17) is 4.74 Å². The van der Waals surface area contributed by atoms with Gasteiger partial charge in [-0.05, 0) is 36.6 Å². The zero-order valence-corrected chi connectivity index (χ0v) is 17.9. The van der Waals surface area contributed by atoms with Crippen LogP contribution in [-0.2, 0) is 11.2 Å². The Bertz CT molecular complexity index is 838. The normalized spacial score (nSPS) is 16.6. The van der Waals surface area contributed by atoms with Gasteiger partial charge in [0.05, 0.1) is 6.54 Å². The third-order valence-corrected chi connectivity index (χ3v) is 5.24. The van der Waals surface area contributed by atoms with Gasteiger partial charge < -0.3 is 20.3 Å². The van der Waals surface area contributed by atoms with Gasteiger partial charge in [-0.2, -0.15) is 0 Å². The van der Waals surface area contributed by atoms with Crippen molar-refractivity contribution in [3.63, 3.8) is 0 Å². The molecule has 160 valence electrons. The van der Waals surface area contributed by atoms with Gasteiger partial charge in [0.1, 0.15) is 12.4 Å². The first kappa shape index (κ1) is 21.7. The van der Waals surface area contributed by atoms with E-state index >= 15 is 0 Å². The van der Waals surface area contributed by atoms with Gasteiger partial charge in [-0.25, -0.2) is 0 Å². The lowest BCUT2D eigenvalue weighted by Gasteiger charge is -2.18. The van der Waals surface area contributed by atoms with E-state index in [0.29, 0.717) is 25.5 Å². The number of aliphatic imine (C=N–C) groups is 1. The number of benzene rings is 2. The van der Waals surface area contributed by atoms with Crippen molar-refractivity contribution in [3.05, 3.63) is 65.7 Å². The molecule has 2 N–H and O–H groups in total. The monoisotopic (exact) mass is 408 g/mol. The van der Waals surface area contributed by atoms with Crippen LogP contribution < -0.4 is 15.4 Å². The van der Waals surface area contributed by atoms with Crippen LogP contribution in [0.2, 0.25) is 0 Å². The highest BCUT2D eigenvalue weighted by Gasteiger charge is 2.29. The maximum absolute atomic E-state index is 12.3. The maximum Gasteiger partial charge on any atom is 0.223 e. The van der Waals surface area contributed by atoms with Crippen LogP contribution in [0, 0.1) is 12.8 Å². The Balaban J connectivity index is 1.34. The number of carbonyl (C=O) groups is 1. The van der Waals surface area contributed by atoms with Crippen LogP contribution in [-0.4, -0.2) is 56.6 Å². The summed E-state index contributed by atoms with van der Waals surface area (Å²) in [7, 11) is 1.75. The lowest BCUT2D eigenvalue weighted by Crippen LogP contribution is -2.41. The minimum atomic E-state index is 0.243. The second-order valence-corrected chi connectivity index (χ2v) is 7.69. The van der Waals surface area contributed by atoms with Crippen molar-refractivity contribution in [1.29, 1.82) is 0 Å². The van der Waals surface area contributed by atoms with Crippen LogP contribution in [0.1, 0.15) is 17.5 Å². The number of nitrogens with one attached hydrogen (secondary N) is 2. The van der Waals surface area contributed by atoms with E-state index in [-0.39, 0.29) is 5.91 Å². The Morgan fingerprint density at radius 1 is 1.17 bits per heavy atom. The quantitative estimate of drug-likeness (QED) is 0.380. The van der Waals surface area contributed by atoms with Gasteiger partial charge in [-0.1, -0.05) is 42.5 Å². The van der Waals surface area contributed by atoms with Crippen molar-refractivity contribution in [2.24, 2.45) is 10.9 Å². The molecule has 3 rings (SSSR count). The molecule has 0 bridgehead atoms. The number of ether oxygens (including phenoxy) is 1. The summed E-state index contributed by atoms with van der Waals surface area (Å²) in [5.74, 6) is 2.15. The summed E-state index contributed by atoms with van der Waals surface area (Å²) in [4.78, 5) is 18.6. The molecule has 1 aliphatic heterocycles. The number of likely N-dealkylation sites (tertiary alicyclic amines) is 1. The van der Waals surface area contributed by atoms with Gasteiger partial charge in [0.2, 0.25) is 5.91 Å². The first-order chi connectivity index (χ1) is 14.6. The fourth-order valence-corrected chi connectivity index (χ4v) is 3.62. The lowest BCUT2D eigenvalue weighted by atomic mass is 10.1. The maximum atomic E-state index is 12.3. The zero-order chi connectivity index (χ0) is 21.2. The molecule has 1 heterocycles. The number of nitrogens with zero attached hydrogens (tertiary/aromatic N) is 2. The molecule has 1 saturated heterocycles. The van der Waals surface area contributed by atoms with Gasteiger partial charge in [0.15, 0.2) is 5.96 Å². The van der Waals surface area contributed by atoms with Gasteiger partial charge in [0, 0.05) is 39.0 Å². The number of hydrogen-bond acceptors (Lipinski definition) is 3. The molecule has 0 radical (unpaired) electrons. The molecule has 1 unspecified atom stereocenters. The molecule has 2 aromatic rings. The third kappa shape index (κ3) is 6.79. The summed E-state index contributed by atoms with van der Waals surface area (Å²) in [5.41, 5.74) is 2.45. The largest absolute Gasteiger partial charge is 0.492 e. The van der Waals surface area contributed by atoms with E-state index < -0.39 is 0 Å². The molecule has 1 atom stereocenters. The van der Waals surface area contributed by atoms with E-state index in [1.165, 1.54) is 11.1 Å². The first-order valence-electron chi connectivity index (χ1n) is 10.6. The van der Waals surface area contributed by atoms with Crippen molar-refractivity contribution in [3.8, 4) is 5.75 Å². The first-order valence-corrected chi connectivity index (χ1v) is 10.6. The van der Waals surface area contributed by atoms with Crippen LogP contribution in [0.4, 0.5) is 0 Å². The Hall–Kier alpha value is -3.02. The number of hydrogen-bond donors (Lipinski definition) is 2. The van der Waals surface area contributed by atoms with Crippen LogP contribution in [0.3, 0.4) is 0 Å². The highest BCUT2D eigenvalue weighted by Crippen LogP contribution is 2.17. The Morgan fingerprint density at radius 3 is 2.77 bits per heavy atom. The molecule has 0 aliphatic carbocycles. The predicted molar refractivity (Wildman–Crippen MR) is 121 cm³/mol. The number of rotatable bonds is 9. The van der Waals surface area contributed by atoms with Crippen LogP contribution in [0.15, 0.2) is 59.6 Å². The van der Waals surface area contributed by atoms with Gasteiger partial charge >= 0.3 is 0 Å². The van der Waals surface area contributed by atoms with E-state index in [1.807, 2.05) is 54.3 Å². The third-order valence-electron chi connectivity index (χ3n) is 5.24. The zero-order valence-electron chi connectivity index (χ0n) is 17.9. The molecule has 2 aromatic carbocycles. The van der Waals surface area contributed by atoms with E-state index in [0.717, 1.165) is 37.8 Å². The van der Waals surface area contributed by atoms with E-state index in [9.17, 15) is 4.79 Å². The smallest absolute Gasteiger partial charge is 0.223 e. The predicted octanol–water partition coefficient (Wildman–Crippen LogP) is 2.63. The number of amides is 1. The molecule has 6 heteroatoms. The SMILES string of the molecule is CN=C(NCCOc1cccc(C)c1)NCC1CC(=O)N(CCc2ccccc2)C1. The van der Waals surface area contributed by atoms with Crippen molar-refractivity contribution in [2.45, 2.75) is 19.8 Å². The number of aryl methyl sites for hydroxylation is 1. The topological polar surface area (TPSA) is 66.0 Å². The summed E-state index contributed by atoms with van der Waals surface area (Å²) in [6, 6.07) is 18.3. The van der Waals surface area contributed by atoms with Crippen molar-refractivity contribution < 1.29 is 9.53 Å². The highest BCUT2D eigenvalue weighted by atomic mass is 16.5. The molecule has 1 aliphatic rings. The molecule has 1 amide bonds. The second kappa shape index (κ2) is 11.2. The average Bonchev–Trinajstić information content (AvgIpc) is 3.12.